The average molecular weight is 890 g/mol. The first-order chi connectivity index (χ1) is 26.5. The van der Waals surface area contributed by atoms with Crippen LogP contribution in [0.2, 0.25) is 20.6 Å². The van der Waals surface area contributed by atoms with E-state index in [0.717, 1.165) is 36.5 Å². The van der Waals surface area contributed by atoms with Crippen LogP contribution in [-0.2, 0) is 26.3 Å². The van der Waals surface area contributed by atoms with Gasteiger partial charge in [-0.3, -0.25) is 9.50 Å². The van der Waals surface area contributed by atoms with Crippen molar-refractivity contribution in [1.82, 2.24) is 10.3 Å². The Morgan fingerprint density at radius 2 is 1.75 bits per heavy atom. The second kappa shape index (κ2) is 19.6. The summed E-state index contributed by atoms with van der Waals surface area (Å²) < 4.78 is 12.1. The molecule has 0 aliphatic heterocycles. The predicted octanol–water partition coefficient (Wildman–Crippen LogP) is 7.28. The Kier molecular flexibility index (Phi) is 15.2. The quantitative estimate of drug-likeness (QED) is 0.0339. The maximum atomic E-state index is 13.4. The zero-order chi connectivity index (χ0) is 39.1. The van der Waals surface area contributed by atoms with E-state index in [1.54, 1.807) is 43.5 Å². The van der Waals surface area contributed by atoms with Crippen LogP contribution in [0.4, 0.5) is 10.4 Å². The molecule has 1 fully saturated rings. The van der Waals surface area contributed by atoms with Gasteiger partial charge in [-0.05, 0) is 17.7 Å². The van der Waals surface area contributed by atoms with E-state index in [-0.39, 0.29) is 40.1 Å². The van der Waals surface area contributed by atoms with Crippen molar-refractivity contribution < 1.29 is 39.1 Å². The number of esters is 1. The number of benzene rings is 2. The molecule has 6 N–H and O–H groups in total. The number of halogens is 2. The molecule has 2 atom stereocenters. The van der Waals surface area contributed by atoms with Crippen LogP contribution in [0.15, 0.2) is 76.2 Å². The number of rotatable bonds is 16. The zero-order valence-electron chi connectivity index (χ0n) is 31.0. The van der Waals surface area contributed by atoms with Crippen LogP contribution in [-0.4, -0.2) is 73.1 Å². The number of thiophene rings is 2. The van der Waals surface area contributed by atoms with Crippen molar-refractivity contribution in [2.24, 2.45) is 0 Å². The van der Waals surface area contributed by atoms with Gasteiger partial charge in [0.1, 0.15) is 5.75 Å². The molecule has 0 bridgehead atoms. The molecule has 2 aromatic carbocycles. The van der Waals surface area contributed by atoms with Crippen molar-refractivity contribution in [3.8, 4) is 11.5 Å². The van der Waals surface area contributed by atoms with Gasteiger partial charge < -0.3 is 15.2 Å². The van der Waals surface area contributed by atoms with Gasteiger partial charge in [0.05, 0.1) is 11.6 Å². The number of aromatic hydroxyl groups is 1. The Labute approximate surface area is 341 Å². The summed E-state index contributed by atoms with van der Waals surface area (Å²) in [5, 5.41) is 44.3. The monoisotopic (exact) mass is 889 g/mol. The van der Waals surface area contributed by atoms with Gasteiger partial charge in [-0.15, -0.1) is 0 Å². The van der Waals surface area contributed by atoms with E-state index < -0.39 is 32.3 Å². The minimum absolute atomic E-state index is 0. The molecule has 1 aliphatic carbocycles. The number of amides is 1. The number of hydrogen-bond acceptors (Lipinski definition) is 11. The number of aliphatic hydroxyl groups excluding tert-OH is 1. The number of ether oxygens (including phenoxy) is 2. The number of H-pyrrole nitrogens is 1. The fraction of sp³-hybridized carbons (Fsp3) is 0.375. The predicted molar refractivity (Wildman–Crippen MR) is 222 cm³/mol. The molecule has 300 valence electrons. The zero-order valence-corrected chi connectivity index (χ0v) is 35.2. The molecule has 0 spiro atoms. The van der Waals surface area contributed by atoms with E-state index in [2.05, 4.69) is 21.3 Å². The SMILES string of the molecule is COc1cc(NC(=O)CC[As](C)C2CCC(OC(=O)C(O)(c3cccs3)c3cccs3)CC2)c(Cl)cc1CCNC[C@H](O)c1ccc(O)c2[nH]c(=O)ccc12.F. The Hall–Kier alpha value is -3.75. The summed E-state index contributed by atoms with van der Waals surface area (Å²) in [6.45, 7) is 0.734. The van der Waals surface area contributed by atoms with E-state index in [1.165, 1.54) is 34.8 Å². The number of nitrogens with one attached hydrogen (secondary N) is 3. The molecular weight excluding hydrogens is 844 g/mol. The summed E-state index contributed by atoms with van der Waals surface area (Å²) >= 11 is 7.94. The minimum Gasteiger partial charge on any atom is -0.506 e. The molecular formula is C40H46AsClFN3O8S2. The Morgan fingerprint density at radius 1 is 1.05 bits per heavy atom. The van der Waals surface area contributed by atoms with Crippen LogP contribution in [0.5, 0.6) is 11.5 Å². The number of fused-ring (bicyclic) bond motifs is 1. The van der Waals surface area contributed by atoms with Crippen molar-refractivity contribution in [1.29, 1.82) is 0 Å². The summed E-state index contributed by atoms with van der Waals surface area (Å²) in [7, 11) is 1.56. The molecule has 3 heterocycles. The second-order valence-corrected chi connectivity index (χ2v) is 21.6. The fourth-order valence-electron chi connectivity index (χ4n) is 7.00. The molecule has 56 heavy (non-hydrogen) atoms. The van der Waals surface area contributed by atoms with Crippen LogP contribution in [0.25, 0.3) is 10.9 Å². The maximum absolute atomic E-state index is 13.4. The third kappa shape index (κ3) is 10.0. The number of hydrogen-bond donors (Lipinski definition) is 6. The van der Waals surface area contributed by atoms with Gasteiger partial charge in [0.25, 0.3) is 0 Å². The molecule has 1 amide bonds. The molecule has 1 saturated carbocycles. The van der Waals surface area contributed by atoms with Crippen molar-refractivity contribution in [3.63, 3.8) is 0 Å². The smallest absolute Gasteiger partial charge is 0.506 e. The normalized spacial score (nSPS) is 16.8. The fourth-order valence-corrected chi connectivity index (χ4v) is 13.4. The molecule has 1 aliphatic rings. The summed E-state index contributed by atoms with van der Waals surface area (Å²) in [5.74, 6) is -0.215. The number of phenolic OH excluding ortho intramolecular Hbond substituents is 1. The number of aromatic nitrogens is 1. The van der Waals surface area contributed by atoms with Crippen LogP contribution < -0.4 is 20.9 Å². The third-order valence-corrected chi connectivity index (χ3v) is 18.0. The van der Waals surface area contributed by atoms with E-state index >= 15 is 0 Å². The van der Waals surface area contributed by atoms with Crippen molar-refractivity contribution >= 4 is 77.4 Å². The van der Waals surface area contributed by atoms with Gasteiger partial charge in [-0.1, -0.05) is 6.07 Å². The van der Waals surface area contributed by atoms with Gasteiger partial charge in [0.2, 0.25) is 5.56 Å². The number of pyridine rings is 1. The molecule has 16 heteroatoms. The van der Waals surface area contributed by atoms with E-state index in [4.69, 9.17) is 21.1 Å². The number of anilines is 1. The van der Waals surface area contributed by atoms with Gasteiger partial charge in [-0.25, -0.2) is 0 Å². The number of carbonyl (C=O) groups is 2. The van der Waals surface area contributed by atoms with Crippen LogP contribution in [0.1, 0.15) is 59.1 Å². The molecule has 11 nitrogen and oxygen atoms in total. The van der Waals surface area contributed by atoms with Gasteiger partial charge >= 0.3 is 261 Å². The van der Waals surface area contributed by atoms with Crippen LogP contribution >= 0.6 is 34.3 Å². The Balaban J connectivity index is 0.00000600. The van der Waals surface area contributed by atoms with Crippen molar-refractivity contribution in [2.45, 2.75) is 72.0 Å². The third-order valence-electron chi connectivity index (χ3n) is 10.1. The number of methoxy groups -OCH3 is 1. The number of aliphatic hydroxyl groups is 2. The summed E-state index contributed by atoms with van der Waals surface area (Å²) in [4.78, 5) is 41.9. The number of phenols is 1. The van der Waals surface area contributed by atoms with E-state index in [9.17, 15) is 29.7 Å². The Bertz CT molecular complexity index is 2110. The molecule has 1 unspecified atom stereocenters. The molecule has 0 saturated heterocycles. The molecule has 0 radical (unpaired) electrons. The number of aromatic amines is 1. The molecule has 3 aromatic heterocycles. The van der Waals surface area contributed by atoms with Gasteiger partial charge in [0, 0.05) is 11.5 Å². The number of carbonyl (C=O) groups excluding carboxylic acids is 2. The second-order valence-electron chi connectivity index (χ2n) is 13.7. The van der Waals surface area contributed by atoms with E-state index in [0.29, 0.717) is 61.3 Å². The molecule has 5 aromatic rings. The van der Waals surface area contributed by atoms with Crippen LogP contribution in [0, 0.1) is 0 Å². The molecule has 6 rings (SSSR count). The first-order valence-electron chi connectivity index (χ1n) is 18.1. The first-order valence-corrected chi connectivity index (χ1v) is 24.5. The van der Waals surface area contributed by atoms with E-state index in [1.807, 2.05) is 22.9 Å². The summed E-state index contributed by atoms with van der Waals surface area (Å²) in [6.07, 6.45) is 3.14. The topological polar surface area (TPSA) is 170 Å². The minimum atomic E-state index is -1.80. The Morgan fingerprint density at radius 3 is 2.39 bits per heavy atom. The van der Waals surface area contributed by atoms with Crippen molar-refractivity contribution in [3.05, 3.63) is 108 Å². The summed E-state index contributed by atoms with van der Waals surface area (Å²) in [5.41, 5.74) is 2.34. The van der Waals surface area contributed by atoms with Gasteiger partial charge in [-0.2, -0.15) is 0 Å². The van der Waals surface area contributed by atoms with Crippen LogP contribution in [0.3, 0.4) is 0 Å². The van der Waals surface area contributed by atoms with Gasteiger partial charge in [0.15, 0.2) is 0 Å². The average Bonchev–Trinajstić information content (AvgIpc) is 3.93. The van der Waals surface area contributed by atoms with Crippen molar-refractivity contribution in [2.75, 3.05) is 25.5 Å². The summed E-state index contributed by atoms with van der Waals surface area (Å²) in [6, 6.07) is 16.7. The standard InChI is InChI=1S/C40H45AsClN3O8S2.FH/c1-41(25-7-9-26(10-8-25)53-39(50)40(51,34-5-3-19-54-34)35-6-4-20-55-35)17-15-37(49)44-30-22-33(52-2)24(21-29(30)42)16-18-43-23-32(47)27-11-13-31(46)38-28(27)12-14-36(48)45-38;/h3-6,11-14,19-22,25-26,32,43,46-47,51H,7-10,15-18,23H2,1-2H3,(H,44,49)(H,45,48);1H/t25?,26?,32-,41?;/m0./s1. The first kappa shape index (κ1) is 43.4.